The van der Waals surface area contributed by atoms with Gasteiger partial charge >= 0.3 is 0 Å². The van der Waals surface area contributed by atoms with Crippen LogP contribution in [0.15, 0.2) is 18.3 Å². The molecule has 0 aliphatic carbocycles. The highest BCUT2D eigenvalue weighted by Gasteiger charge is 2.29. The van der Waals surface area contributed by atoms with E-state index in [1.165, 1.54) is 32.4 Å². The minimum Gasteiger partial charge on any atom is -0.373 e. The standard InChI is InChI=1S/C16H24N4O/c1-17-15-11-13(6-7-18-15)16(21)20-10-4-5-14(12-20)19-8-2-3-9-19/h6-7,11,14H,2-5,8-10,12H2,1H3,(H,17,18). The second-order valence-electron chi connectivity index (χ2n) is 5.97. The lowest BCUT2D eigenvalue weighted by Crippen LogP contribution is -2.49. The number of amides is 1. The van der Waals surface area contributed by atoms with Crippen LogP contribution < -0.4 is 5.32 Å². The van der Waals surface area contributed by atoms with Crippen molar-refractivity contribution >= 4 is 11.7 Å². The van der Waals surface area contributed by atoms with E-state index in [-0.39, 0.29) is 5.91 Å². The quantitative estimate of drug-likeness (QED) is 0.922. The number of pyridine rings is 1. The Morgan fingerprint density at radius 3 is 2.86 bits per heavy atom. The highest BCUT2D eigenvalue weighted by Crippen LogP contribution is 2.22. The summed E-state index contributed by atoms with van der Waals surface area (Å²) in [6.07, 6.45) is 6.64. The molecule has 5 nitrogen and oxygen atoms in total. The van der Waals surface area contributed by atoms with E-state index < -0.39 is 0 Å². The SMILES string of the molecule is CNc1cc(C(=O)N2CCCC(N3CCCC3)C2)ccn1. The van der Waals surface area contributed by atoms with E-state index in [1.54, 1.807) is 6.20 Å². The first-order valence-electron chi connectivity index (χ1n) is 7.95. The Morgan fingerprint density at radius 2 is 2.10 bits per heavy atom. The van der Waals surface area contributed by atoms with Gasteiger partial charge in [0.1, 0.15) is 5.82 Å². The van der Waals surface area contributed by atoms with Gasteiger partial charge in [-0.1, -0.05) is 0 Å². The maximum Gasteiger partial charge on any atom is 0.254 e. The minimum atomic E-state index is 0.137. The van der Waals surface area contributed by atoms with Crippen molar-refractivity contribution in [3.8, 4) is 0 Å². The van der Waals surface area contributed by atoms with Crippen molar-refractivity contribution in [2.75, 3.05) is 38.5 Å². The summed E-state index contributed by atoms with van der Waals surface area (Å²) >= 11 is 0. The second-order valence-corrected chi connectivity index (χ2v) is 5.97. The molecule has 2 saturated heterocycles. The highest BCUT2D eigenvalue weighted by atomic mass is 16.2. The molecule has 2 aliphatic rings. The number of rotatable bonds is 3. The largest absolute Gasteiger partial charge is 0.373 e. The van der Waals surface area contributed by atoms with Gasteiger partial charge in [0.2, 0.25) is 0 Å². The van der Waals surface area contributed by atoms with Crippen LogP contribution >= 0.6 is 0 Å². The van der Waals surface area contributed by atoms with E-state index in [0.29, 0.717) is 6.04 Å². The van der Waals surface area contributed by atoms with Gasteiger partial charge in [-0.05, 0) is 50.9 Å². The fourth-order valence-electron chi connectivity index (χ4n) is 3.43. The molecule has 1 aromatic heterocycles. The third-order valence-electron chi connectivity index (χ3n) is 4.60. The predicted molar refractivity (Wildman–Crippen MR) is 83.5 cm³/mol. The number of piperidine rings is 1. The molecule has 1 atom stereocenters. The molecule has 1 amide bonds. The first-order chi connectivity index (χ1) is 10.3. The molecule has 0 radical (unpaired) electrons. The number of likely N-dealkylation sites (tertiary alicyclic amines) is 2. The number of hydrogen-bond donors (Lipinski definition) is 1. The fraction of sp³-hybridized carbons (Fsp3) is 0.625. The van der Waals surface area contributed by atoms with Crippen LogP contribution in [0.2, 0.25) is 0 Å². The Morgan fingerprint density at radius 1 is 1.29 bits per heavy atom. The Balaban J connectivity index is 1.68. The molecule has 21 heavy (non-hydrogen) atoms. The Labute approximate surface area is 126 Å². The number of nitrogens with zero attached hydrogens (tertiary/aromatic N) is 3. The van der Waals surface area contributed by atoms with Gasteiger partial charge in [0, 0.05) is 37.9 Å². The zero-order valence-corrected chi connectivity index (χ0v) is 12.7. The summed E-state index contributed by atoms with van der Waals surface area (Å²) < 4.78 is 0. The van der Waals surface area contributed by atoms with Crippen LogP contribution in [0, 0.1) is 0 Å². The number of carbonyl (C=O) groups is 1. The topological polar surface area (TPSA) is 48.5 Å². The van der Waals surface area contributed by atoms with E-state index in [1.807, 2.05) is 24.1 Å². The summed E-state index contributed by atoms with van der Waals surface area (Å²) in [5, 5.41) is 2.99. The van der Waals surface area contributed by atoms with Gasteiger partial charge in [0.15, 0.2) is 0 Å². The van der Waals surface area contributed by atoms with Gasteiger partial charge in [-0.3, -0.25) is 9.69 Å². The summed E-state index contributed by atoms with van der Waals surface area (Å²) in [4.78, 5) is 21.4. The lowest BCUT2D eigenvalue weighted by Gasteiger charge is -2.37. The van der Waals surface area contributed by atoms with E-state index in [4.69, 9.17) is 0 Å². The molecule has 3 rings (SSSR count). The molecule has 1 aromatic rings. The van der Waals surface area contributed by atoms with E-state index in [0.717, 1.165) is 30.9 Å². The van der Waals surface area contributed by atoms with Crippen molar-refractivity contribution in [2.45, 2.75) is 31.7 Å². The van der Waals surface area contributed by atoms with Crippen LogP contribution in [0.5, 0.6) is 0 Å². The molecular formula is C16H24N4O. The summed E-state index contributed by atoms with van der Waals surface area (Å²) in [6, 6.07) is 4.19. The van der Waals surface area contributed by atoms with Crippen molar-refractivity contribution in [3.05, 3.63) is 23.9 Å². The van der Waals surface area contributed by atoms with Gasteiger partial charge in [0.25, 0.3) is 5.91 Å². The highest BCUT2D eigenvalue weighted by molar-refractivity contribution is 5.94. The molecule has 0 aromatic carbocycles. The zero-order valence-electron chi connectivity index (χ0n) is 12.7. The molecule has 5 heteroatoms. The fourth-order valence-corrected chi connectivity index (χ4v) is 3.43. The first-order valence-corrected chi connectivity index (χ1v) is 7.95. The molecule has 1 unspecified atom stereocenters. The number of hydrogen-bond acceptors (Lipinski definition) is 4. The average molecular weight is 288 g/mol. The van der Waals surface area contributed by atoms with Crippen LogP contribution in [0.1, 0.15) is 36.0 Å². The van der Waals surface area contributed by atoms with Crippen LogP contribution in [-0.4, -0.2) is 60.0 Å². The van der Waals surface area contributed by atoms with Crippen LogP contribution in [0.3, 0.4) is 0 Å². The average Bonchev–Trinajstić information content (AvgIpc) is 3.09. The molecule has 0 bridgehead atoms. The van der Waals surface area contributed by atoms with Gasteiger partial charge in [-0.2, -0.15) is 0 Å². The van der Waals surface area contributed by atoms with Crippen LogP contribution in [0.4, 0.5) is 5.82 Å². The Kier molecular flexibility index (Phi) is 4.39. The van der Waals surface area contributed by atoms with Gasteiger partial charge in [-0.15, -0.1) is 0 Å². The molecule has 2 aliphatic heterocycles. The van der Waals surface area contributed by atoms with Crippen molar-refractivity contribution in [3.63, 3.8) is 0 Å². The van der Waals surface area contributed by atoms with Gasteiger partial charge < -0.3 is 10.2 Å². The van der Waals surface area contributed by atoms with E-state index in [2.05, 4.69) is 15.2 Å². The van der Waals surface area contributed by atoms with Gasteiger partial charge in [-0.25, -0.2) is 4.98 Å². The smallest absolute Gasteiger partial charge is 0.254 e. The Bertz CT molecular complexity index is 499. The molecule has 0 spiro atoms. The minimum absolute atomic E-state index is 0.137. The number of carbonyl (C=O) groups excluding carboxylic acids is 1. The van der Waals surface area contributed by atoms with Crippen LogP contribution in [0.25, 0.3) is 0 Å². The molecular weight excluding hydrogens is 264 g/mol. The number of anilines is 1. The molecule has 114 valence electrons. The van der Waals surface area contributed by atoms with Gasteiger partial charge in [0.05, 0.1) is 0 Å². The summed E-state index contributed by atoms with van der Waals surface area (Å²) in [6.45, 7) is 4.15. The predicted octanol–water partition coefficient (Wildman–Crippen LogP) is 1.82. The summed E-state index contributed by atoms with van der Waals surface area (Å²) in [5.74, 6) is 0.881. The number of nitrogens with one attached hydrogen (secondary N) is 1. The molecule has 3 heterocycles. The summed E-state index contributed by atoms with van der Waals surface area (Å²) in [5.41, 5.74) is 0.733. The van der Waals surface area contributed by atoms with E-state index in [9.17, 15) is 4.79 Å². The monoisotopic (exact) mass is 288 g/mol. The Hall–Kier alpha value is -1.62. The normalized spacial score (nSPS) is 23.3. The van der Waals surface area contributed by atoms with Crippen molar-refractivity contribution < 1.29 is 4.79 Å². The number of aromatic nitrogens is 1. The molecule has 1 N–H and O–H groups in total. The van der Waals surface area contributed by atoms with Crippen LogP contribution in [-0.2, 0) is 0 Å². The molecule has 0 saturated carbocycles. The summed E-state index contributed by atoms with van der Waals surface area (Å²) in [7, 11) is 1.82. The lowest BCUT2D eigenvalue weighted by atomic mass is 10.0. The lowest BCUT2D eigenvalue weighted by molar-refractivity contribution is 0.0608. The molecule has 2 fully saturated rings. The first kappa shape index (κ1) is 14.3. The second kappa shape index (κ2) is 6.43. The van der Waals surface area contributed by atoms with Crippen molar-refractivity contribution in [1.82, 2.24) is 14.8 Å². The van der Waals surface area contributed by atoms with Crippen molar-refractivity contribution in [2.24, 2.45) is 0 Å². The van der Waals surface area contributed by atoms with Crippen molar-refractivity contribution in [1.29, 1.82) is 0 Å². The third-order valence-corrected chi connectivity index (χ3v) is 4.60. The zero-order chi connectivity index (χ0) is 14.7. The maximum atomic E-state index is 12.7. The third kappa shape index (κ3) is 3.18. The van der Waals surface area contributed by atoms with E-state index >= 15 is 0 Å². The maximum absolute atomic E-state index is 12.7.